The van der Waals surface area contributed by atoms with Crippen molar-refractivity contribution in [2.24, 2.45) is 0 Å². The fourth-order valence-corrected chi connectivity index (χ4v) is 3.91. The Morgan fingerprint density at radius 3 is 2.95 bits per heavy atom. The molecule has 0 aliphatic carbocycles. The molecule has 110 valence electrons. The van der Waals surface area contributed by atoms with Crippen LogP contribution in [0.4, 0.5) is 0 Å². The molecule has 7 nitrogen and oxygen atoms in total. The van der Waals surface area contributed by atoms with E-state index >= 15 is 0 Å². The zero-order chi connectivity index (χ0) is 13.9. The molecule has 2 rings (SSSR count). The van der Waals surface area contributed by atoms with Crippen LogP contribution in [0.15, 0.2) is 0 Å². The van der Waals surface area contributed by atoms with Crippen LogP contribution in [0, 0.1) is 0 Å². The summed E-state index contributed by atoms with van der Waals surface area (Å²) in [4.78, 5) is 13.8. The number of carbonyl (C=O) groups excluding carboxylic acids is 1. The van der Waals surface area contributed by atoms with Crippen molar-refractivity contribution in [2.75, 3.05) is 44.4 Å². The van der Waals surface area contributed by atoms with Gasteiger partial charge in [-0.3, -0.25) is 4.79 Å². The Hall–Kier alpha value is -0.700. The minimum absolute atomic E-state index is 0.00682. The fourth-order valence-electron chi connectivity index (χ4n) is 2.46. The molecule has 2 aliphatic heterocycles. The van der Waals surface area contributed by atoms with E-state index in [0.717, 1.165) is 0 Å². The van der Waals surface area contributed by atoms with Crippen molar-refractivity contribution in [3.8, 4) is 0 Å². The maximum absolute atomic E-state index is 12.2. The monoisotopic (exact) mass is 292 g/mol. The number of hydrogen-bond acceptors (Lipinski definition) is 6. The maximum Gasteiger partial charge on any atom is 0.224 e. The van der Waals surface area contributed by atoms with Gasteiger partial charge in [-0.1, -0.05) is 0 Å². The van der Waals surface area contributed by atoms with E-state index in [-0.39, 0.29) is 42.5 Å². The van der Waals surface area contributed by atoms with Gasteiger partial charge in [-0.05, 0) is 0 Å². The van der Waals surface area contributed by atoms with E-state index in [0.29, 0.717) is 26.3 Å². The number of hydrogen-bond donors (Lipinski definition) is 2. The predicted octanol–water partition coefficient (Wildman–Crippen LogP) is -2.02. The Morgan fingerprint density at radius 1 is 1.47 bits per heavy atom. The molecule has 19 heavy (non-hydrogen) atoms. The van der Waals surface area contributed by atoms with E-state index in [1.54, 1.807) is 4.90 Å². The number of ether oxygens (including phenoxy) is 1. The molecule has 2 heterocycles. The lowest BCUT2D eigenvalue weighted by Crippen LogP contribution is -2.53. The largest absolute Gasteiger partial charge is 0.394 e. The van der Waals surface area contributed by atoms with Crippen molar-refractivity contribution in [1.82, 2.24) is 10.2 Å². The molecule has 2 fully saturated rings. The molecule has 2 saturated heterocycles. The van der Waals surface area contributed by atoms with Crippen LogP contribution in [0.2, 0.25) is 0 Å². The SMILES string of the molecule is O=C(CC1CS(=O)(=O)CCN1)N1CCOCC1CO. The van der Waals surface area contributed by atoms with E-state index in [9.17, 15) is 18.3 Å². The lowest BCUT2D eigenvalue weighted by Gasteiger charge is -2.35. The third kappa shape index (κ3) is 3.88. The fraction of sp³-hybridized carbons (Fsp3) is 0.909. The smallest absolute Gasteiger partial charge is 0.224 e. The molecule has 8 heteroatoms. The van der Waals surface area contributed by atoms with Crippen molar-refractivity contribution in [3.63, 3.8) is 0 Å². The Balaban J connectivity index is 1.92. The number of nitrogens with zero attached hydrogens (tertiary/aromatic N) is 1. The summed E-state index contributed by atoms with van der Waals surface area (Å²) in [6.07, 6.45) is 0.149. The molecule has 0 spiro atoms. The summed E-state index contributed by atoms with van der Waals surface area (Å²) in [6, 6.07) is -0.644. The molecule has 1 amide bonds. The summed E-state index contributed by atoms with van der Waals surface area (Å²) in [7, 11) is -3.03. The normalized spacial score (nSPS) is 31.1. The second-order valence-corrected chi connectivity index (χ2v) is 7.20. The number of sulfone groups is 1. The van der Waals surface area contributed by atoms with Crippen LogP contribution in [-0.4, -0.2) is 80.8 Å². The first-order chi connectivity index (χ1) is 9.02. The van der Waals surface area contributed by atoms with Crippen molar-refractivity contribution in [1.29, 1.82) is 0 Å². The van der Waals surface area contributed by atoms with E-state index in [1.807, 2.05) is 0 Å². The number of aliphatic hydroxyl groups is 1. The lowest BCUT2D eigenvalue weighted by atomic mass is 10.1. The van der Waals surface area contributed by atoms with Gasteiger partial charge in [0.25, 0.3) is 0 Å². The van der Waals surface area contributed by atoms with Gasteiger partial charge < -0.3 is 20.1 Å². The molecular weight excluding hydrogens is 272 g/mol. The lowest BCUT2D eigenvalue weighted by molar-refractivity contribution is -0.142. The van der Waals surface area contributed by atoms with Crippen LogP contribution in [-0.2, 0) is 19.4 Å². The highest BCUT2D eigenvalue weighted by Crippen LogP contribution is 2.12. The average Bonchev–Trinajstić information content (AvgIpc) is 2.37. The van der Waals surface area contributed by atoms with Crippen LogP contribution in [0.5, 0.6) is 0 Å². The van der Waals surface area contributed by atoms with Crippen LogP contribution >= 0.6 is 0 Å². The van der Waals surface area contributed by atoms with E-state index < -0.39 is 9.84 Å². The molecule has 0 aromatic carbocycles. The van der Waals surface area contributed by atoms with Crippen molar-refractivity contribution >= 4 is 15.7 Å². The van der Waals surface area contributed by atoms with Crippen molar-refractivity contribution in [3.05, 3.63) is 0 Å². The van der Waals surface area contributed by atoms with Gasteiger partial charge in [-0.25, -0.2) is 8.42 Å². The minimum Gasteiger partial charge on any atom is -0.394 e. The first-order valence-corrected chi connectivity index (χ1v) is 8.26. The van der Waals surface area contributed by atoms with Crippen LogP contribution in [0.1, 0.15) is 6.42 Å². The summed E-state index contributed by atoms with van der Waals surface area (Å²) in [5.41, 5.74) is 0. The van der Waals surface area contributed by atoms with Gasteiger partial charge >= 0.3 is 0 Å². The number of morpholine rings is 1. The molecule has 2 unspecified atom stereocenters. The van der Waals surface area contributed by atoms with Gasteiger partial charge in [0, 0.05) is 25.6 Å². The molecule has 2 N–H and O–H groups in total. The summed E-state index contributed by atoms with van der Waals surface area (Å²) in [5, 5.41) is 12.3. The topological polar surface area (TPSA) is 95.9 Å². The third-order valence-corrected chi connectivity index (χ3v) is 5.22. The van der Waals surface area contributed by atoms with Gasteiger partial charge in [0.15, 0.2) is 9.84 Å². The number of nitrogens with one attached hydrogen (secondary N) is 1. The van der Waals surface area contributed by atoms with Gasteiger partial charge in [0.1, 0.15) is 0 Å². The molecular formula is C11H20N2O5S. The number of amides is 1. The molecule has 0 bridgehead atoms. The number of rotatable bonds is 3. The molecule has 0 radical (unpaired) electrons. The predicted molar refractivity (Wildman–Crippen MR) is 68.5 cm³/mol. The molecule has 0 aromatic heterocycles. The Morgan fingerprint density at radius 2 is 2.26 bits per heavy atom. The van der Waals surface area contributed by atoms with Gasteiger partial charge in [0.05, 0.1) is 37.4 Å². The highest BCUT2D eigenvalue weighted by molar-refractivity contribution is 7.91. The van der Waals surface area contributed by atoms with E-state index in [2.05, 4.69) is 5.32 Å². The Labute approximate surface area is 112 Å². The summed E-state index contributed by atoms with van der Waals surface area (Å²) < 4.78 is 28.2. The van der Waals surface area contributed by atoms with Gasteiger partial charge in [0.2, 0.25) is 5.91 Å². The number of aliphatic hydroxyl groups excluding tert-OH is 1. The zero-order valence-corrected chi connectivity index (χ0v) is 11.6. The van der Waals surface area contributed by atoms with E-state index in [1.165, 1.54) is 0 Å². The van der Waals surface area contributed by atoms with Crippen molar-refractivity contribution < 1.29 is 23.1 Å². The van der Waals surface area contributed by atoms with Gasteiger partial charge in [-0.2, -0.15) is 0 Å². The molecule has 0 saturated carbocycles. The van der Waals surface area contributed by atoms with Crippen LogP contribution in [0.3, 0.4) is 0 Å². The molecule has 2 atom stereocenters. The highest BCUT2D eigenvalue weighted by Gasteiger charge is 2.31. The third-order valence-electron chi connectivity index (χ3n) is 3.48. The van der Waals surface area contributed by atoms with Gasteiger partial charge in [-0.15, -0.1) is 0 Å². The van der Waals surface area contributed by atoms with Crippen molar-refractivity contribution in [2.45, 2.75) is 18.5 Å². The highest BCUT2D eigenvalue weighted by atomic mass is 32.2. The quantitative estimate of drug-likeness (QED) is 0.623. The summed E-state index contributed by atoms with van der Waals surface area (Å²) in [5.74, 6) is 0.0124. The molecule has 0 aromatic rings. The minimum atomic E-state index is -3.03. The zero-order valence-electron chi connectivity index (χ0n) is 10.7. The first-order valence-electron chi connectivity index (χ1n) is 6.44. The Bertz CT molecular complexity index is 425. The summed E-state index contributed by atoms with van der Waals surface area (Å²) in [6.45, 7) is 1.50. The number of carbonyl (C=O) groups is 1. The average molecular weight is 292 g/mol. The van der Waals surface area contributed by atoms with E-state index in [4.69, 9.17) is 4.74 Å². The summed E-state index contributed by atoms with van der Waals surface area (Å²) >= 11 is 0. The Kier molecular flexibility index (Phi) is 4.77. The second-order valence-electron chi connectivity index (χ2n) is 4.97. The van der Waals surface area contributed by atoms with Crippen LogP contribution < -0.4 is 5.32 Å². The maximum atomic E-state index is 12.2. The standard InChI is InChI=1S/C11H20N2O5S/c14-6-10-7-18-3-2-13(10)11(15)5-9-8-19(16,17)4-1-12-9/h9-10,12,14H,1-8H2. The second kappa shape index (κ2) is 6.17. The first kappa shape index (κ1) is 14.7. The van der Waals surface area contributed by atoms with Crippen LogP contribution in [0.25, 0.3) is 0 Å². The molecule has 2 aliphatic rings.